The Bertz CT molecular complexity index is 351. The molecule has 0 heterocycles. The van der Waals surface area contributed by atoms with Crippen LogP contribution in [0, 0.1) is 6.92 Å². The van der Waals surface area contributed by atoms with E-state index in [1.165, 1.54) is 5.56 Å². The van der Waals surface area contributed by atoms with Crippen LogP contribution in [0.5, 0.6) is 0 Å². The van der Waals surface area contributed by atoms with Gasteiger partial charge >= 0.3 is 0 Å². The minimum atomic E-state index is -0.409. The number of rotatable bonds is 4. The third kappa shape index (κ3) is 4.75. The number of benzene rings is 1. The second kappa shape index (κ2) is 7.30. The highest BCUT2D eigenvalue weighted by Gasteiger charge is 2.14. The molecule has 1 rings (SSSR count). The second-order valence-corrected chi connectivity index (χ2v) is 4.16. The fraction of sp³-hybridized carbons (Fsp3) is 0.462. The zero-order valence-corrected chi connectivity index (χ0v) is 11.4. The second-order valence-electron chi connectivity index (χ2n) is 4.16. The molecule has 0 bridgehead atoms. The molecular weight excluding hydrogens is 236 g/mol. The predicted octanol–water partition coefficient (Wildman–Crippen LogP) is 2.33. The standard InChI is InChI=1S/C13H20N2O.ClH/c1-4-12(14)13(16)15-10(3)11-7-5-9(2)6-8-11;/h5-8,10,12H,4,14H2,1-3H3,(H,15,16);1H/t10?,12-;/m0./s1. The summed E-state index contributed by atoms with van der Waals surface area (Å²) in [7, 11) is 0. The van der Waals surface area contributed by atoms with Crippen molar-refractivity contribution in [3.05, 3.63) is 35.4 Å². The van der Waals surface area contributed by atoms with Crippen molar-refractivity contribution in [2.75, 3.05) is 0 Å². The van der Waals surface area contributed by atoms with Crippen molar-refractivity contribution in [2.45, 2.75) is 39.3 Å². The molecule has 0 spiro atoms. The molecular formula is C13H21ClN2O. The number of hydrogen-bond acceptors (Lipinski definition) is 2. The quantitative estimate of drug-likeness (QED) is 0.869. The summed E-state index contributed by atoms with van der Waals surface area (Å²) in [5.41, 5.74) is 7.97. The molecule has 1 amide bonds. The van der Waals surface area contributed by atoms with Crippen molar-refractivity contribution < 1.29 is 4.79 Å². The summed E-state index contributed by atoms with van der Waals surface area (Å²) in [6.45, 7) is 5.91. The van der Waals surface area contributed by atoms with Crippen molar-refractivity contribution in [1.82, 2.24) is 5.32 Å². The average Bonchev–Trinajstić information content (AvgIpc) is 2.28. The summed E-state index contributed by atoms with van der Waals surface area (Å²) in [6.07, 6.45) is 0.659. The van der Waals surface area contributed by atoms with Gasteiger partial charge in [-0.3, -0.25) is 4.79 Å². The lowest BCUT2D eigenvalue weighted by Crippen LogP contribution is -2.41. The molecule has 0 aliphatic heterocycles. The Balaban J connectivity index is 0.00000256. The molecule has 0 aliphatic rings. The Morgan fingerprint density at radius 2 is 1.88 bits per heavy atom. The lowest BCUT2D eigenvalue weighted by Gasteiger charge is -2.17. The first kappa shape index (κ1) is 15.9. The van der Waals surface area contributed by atoms with Gasteiger partial charge in [0.2, 0.25) is 5.91 Å². The zero-order valence-electron chi connectivity index (χ0n) is 10.6. The topological polar surface area (TPSA) is 55.1 Å². The van der Waals surface area contributed by atoms with Crippen molar-refractivity contribution in [1.29, 1.82) is 0 Å². The smallest absolute Gasteiger partial charge is 0.237 e. The van der Waals surface area contributed by atoms with Gasteiger partial charge in [-0.1, -0.05) is 36.8 Å². The van der Waals surface area contributed by atoms with Gasteiger partial charge in [0.1, 0.15) is 0 Å². The fourth-order valence-corrected chi connectivity index (χ4v) is 1.44. The van der Waals surface area contributed by atoms with Gasteiger partial charge in [-0.25, -0.2) is 0 Å². The van der Waals surface area contributed by atoms with Gasteiger partial charge < -0.3 is 11.1 Å². The average molecular weight is 257 g/mol. The fourth-order valence-electron chi connectivity index (χ4n) is 1.44. The lowest BCUT2D eigenvalue weighted by molar-refractivity contribution is -0.123. The van der Waals surface area contributed by atoms with Crippen LogP contribution in [0.15, 0.2) is 24.3 Å². The molecule has 0 radical (unpaired) electrons. The van der Waals surface area contributed by atoms with E-state index in [4.69, 9.17) is 5.73 Å². The number of amides is 1. The number of nitrogens with two attached hydrogens (primary N) is 1. The zero-order chi connectivity index (χ0) is 12.1. The first-order valence-corrected chi connectivity index (χ1v) is 5.67. The summed E-state index contributed by atoms with van der Waals surface area (Å²) in [4.78, 5) is 11.6. The molecule has 1 aromatic carbocycles. The van der Waals surface area contributed by atoms with Crippen molar-refractivity contribution in [3.8, 4) is 0 Å². The van der Waals surface area contributed by atoms with E-state index in [1.54, 1.807) is 0 Å². The van der Waals surface area contributed by atoms with Crippen molar-refractivity contribution >= 4 is 18.3 Å². The van der Waals surface area contributed by atoms with Crippen LogP contribution in [0.4, 0.5) is 0 Å². The largest absolute Gasteiger partial charge is 0.348 e. The Kier molecular flexibility index (Phi) is 6.85. The highest BCUT2D eigenvalue weighted by molar-refractivity contribution is 5.85. The van der Waals surface area contributed by atoms with Crippen LogP contribution in [-0.4, -0.2) is 11.9 Å². The maximum atomic E-state index is 11.6. The number of halogens is 1. The molecule has 4 heteroatoms. The number of carbonyl (C=O) groups is 1. The van der Waals surface area contributed by atoms with Gasteiger partial charge in [0.25, 0.3) is 0 Å². The normalized spacial score (nSPS) is 13.4. The SMILES string of the molecule is CC[C@H](N)C(=O)NC(C)c1ccc(C)cc1.Cl. The molecule has 2 atom stereocenters. The van der Waals surface area contributed by atoms with E-state index < -0.39 is 6.04 Å². The van der Waals surface area contributed by atoms with Gasteiger partial charge in [-0.15, -0.1) is 12.4 Å². The number of hydrogen-bond donors (Lipinski definition) is 2. The molecule has 0 aliphatic carbocycles. The minimum Gasteiger partial charge on any atom is -0.348 e. The van der Waals surface area contributed by atoms with Gasteiger partial charge in [0.15, 0.2) is 0 Å². The molecule has 96 valence electrons. The maximum Gasteiger partial charge on any atom is 0.237 e. The van der Waals surface area contributed by atoms with E-state index in [-0.39, 0.29) is 24.4 Å². The van der Waals surface area contributed by atoms with Gasteiger partial charge in [-0.2, -0.15) is 0 Å². The van der Waals surface area contributed by atoms with Gasteiger partial charge in [0, 0.05) is 0 Å². The van der Waals surface area contributed by atoms with Crippen LogP contribution in [0.25, 0.3) is 0 Å². The first-order chi connectivity index (χ1) is 7.54. The summed E-state index contributed by atoms with van der Waals surface area (Å²) in [5.74, 6) is -0.0874. The third-order valence-corrected chi connectivity index (χ3v) is 2.71. The van der Waals surface area contributed by atoms with Crippen LogP contribution in [0.3, 0.4) is 0 Å². The highest BCUT2D eigenvalue weighted by Crippen LogP contribution is 2.13. The van der Waals surface area contributed by atoms with E-state index in [0.29, 0.717) is 6.42 Å². The predicted molar refractivity (Wildman–Crippen MR) is 73.3 cm³/mol. The monoisotopic (exact) mass is 256 g/mol. The molecule has 0 saturated heterocycles. The van der Waals surface area contributed by atoms with Gasteiger partial charge in [-0.05, 0) is 25.8 Å². The molecule has 0 saturated carbocycles. The van der Waals surface area contributed by atoms with Gasteiger partial charge in [0.05, 0.1) is 12.1 Å². The molecule has 3 nitrogen and oxygen atoms in total. The Hall–Kier alpha value is -1.06. The van der Waals surface area contributed by atoms with Crippen LogP contribution in [0.2, 0.25) is 0 Å². The van der Waals surface area contributed by atoms with E-state index in [0.717, 1.165) is 5.56 Å². The molecule has 1 unspecified atom stereocenters. The van der Waals surface area contributed by atoms with Crippen LogP contribution >= 0.6 is 12.4 Å². The molecule has 0 fully saturated rings. The number of nitrogens with one attached hydrogen (secondary N) is 1. The van der Waals surface area contributed by atoms with E-state index >= 15 is 0 Å². The Labute approximate surface area is 109 Å². The Morgan fingerprint density at radius 3 is 2.35 bits per heavy atom. The summed E-state index contributed by atoms with van der Waals surface area (Å²) in [6, 6.07) is 7.73. The van der Waals surface area contributed by atoms with Crippen LogP contribution < -0.4 is 11.1 Å². The van der Waals surface area contributed by atoms with Crippen molar-refractivity contribution in [3.63, 3.8) is 0 Å². The molecule has 3 N–H and O–H groups in total. The number of carbonyl (C=O) groups excluding carboxylic acids is 1. The minimum absolute atomic E-state index is 0. The highest BCUT2D eigenvalue weighted by atomic mass is 35.5. The maximum absolute atomic E-state index is 11.6. The van der Waals surface area contributed by atoms with E-state index in [1.807, 2.05) is 45.0 Å². The molecule has 17 heavy (non-hydrogen) atoms. The number of aryl methyl sites for hydroxylation is 1. The molecule has 1 aromatic rings. The van der Waals surface area contributed by atoms with Crippen LogP contribution in [-0.2, 0) is 4.79 Å². The third-order valence-electron chi connectivity index (χ3n) is 2.71. The summed E-state index contributed by atoms with van der Waals surface area (Å²) in [5, 5.41) is 2.90. The summed E-state index contributed by atoms with van der Waals surface area (Å²) < 4.78 is 0. The first-order valence-electron chi connectivity index (χ1n) is 5.67. The molecule has 0 aromatic heterocycles. The lowest BCUT2D eigenvalue weighted by atomic mass is 10.1. The Morgan fingerprint density at radius 1 is 1.35 bits per heavy atom. The van der Waals surface area contributed by atoms with Crippen LogP contribution in [0.1, 0.15) is 37.4 Å². The summed E-state index contributed by atoms with van der Waals surface area (Å²) >= 11 is 0. The van der Waals surface area contributed by atoms with E-state index in [9.17, 15) is 4.79 Å². The van der Waals surface area contributed by atoms with Crippen molar-refractivity contribution in [2.24, 2.45) is 5.73 Å². The van der Waals surface area contributed by atoms with E-state index in [2.05, 4.69) is 5.32 Å².